The van der Waals surface area contributed by atoms with E-state index >= 15 is 0 Å². The molecule has 0 amide bonds. The Morgan fingerprint density at radius 3 is 2.70 bits per heavy atom. The minimum Gasteiger partial charge on any atom is -0.343 e. The Balaban J connectivity index is 2.16. The average molecular weight is 333 g/mol. The van der Waals surface area contributed by atoms with Gasteiger partial charge in [0.15, 0.2) is 5.43 Å². The number of pyridine rings is 1. The molecule has 0 unspecified atom stereocenters. The zero-order valence-corrected chi connectivity index (χ0v) is 12.5. The lowest BCUT2D eigenvalue weighted by Crippen LogP contribution is -2.10. The highest BCUT2D eigenvalue weighted by Gasteiger charge is 2.16. The van der Waals surface area contributed by atoms with Crippen LogP contribution in [0.5, 0.6) is 0 Å². The molecule has 3 rings (SSSR count). The van der Waals surface area contributed by atoms with E-state index in [0.717, 1.165) is 6.07 Å². The van der Waals surface area contributed by atoms with Crippen molar-refractivity contribution >= 4 is 28.2 Å². The molecular formula is C16H10ClFN2O3. The predicted molar refractivity (Wildman–Crippen MR) is 85.4 cm³/mol. The van der Waals surface area contributed by atoms with Crippen LogP contribution in [-0.4, -0.2) is 9.49 Å². The van der Waals surface area contributed by atoms with Crippen LogP contribution in [0, 0.1) is 15.9 Å². The SMILES string of the molecule is O=c1ccn(Cc2ccc(F)cc2[N+](=O)[O-])c2cc(Cl)ccc12. The molecule has 0 saturated heterocycles. The molecule has 0 aliphatic carbocycles. The van der Waals surface area contributed by atoms with Crippen LogP contribution in [-0.2, 0) is 6.54 Å². The van der Waals surface area contributed by atoms with E-state index in [1.54, 1.807) is 22.8 Å². The first-order valence-corrected chi connectivity index (χ1v) is 7.05. The Bertz CT molecular complexity index is 985. The van der Waals surface area contributed by atoms with Gasteiger partial charge < -0.3 is 4.57 Å². The standard InChI is InChI=1S/C16H10ClFN2O3/c17-11-2-4-13-15(7-11)19(6-5-16(13)21)9-10-1-3-12(18)8-14(10)20(22)23/h1-8H,9H2. The van der Waals surface area contributed by atoms with Crippen molar-refractivity contribution in [2.75, 3.05) is 0 Å². The molecule has 7 heteroatoms. The van der Waals surface area contributed by atoms with Crippen LogP contribution in [0.15, 0.2) is 53.5 Å². The van der Waals surface area contributed by atoms with E-state index in [0.29, 0.717) is 21.5 Å². The van der Waals surface area contributed by atoms with E-state index in [-0.39, 0.29) is 17.7 Å². The first-order chi connectivity index (χ1) is 11.0. The number of halogens is 2. The zero-order valence-electron chi connectivity index (χ0n) is 11.7. The van der Waals surface area contributed by atoms with Crippen molar-refractivity contribution in [2.45, 2.75) is 6.54 Å². The summed E-state index contributed by atoms with van der Waals surface area (Å²) in [7, 11) is 0. The molecule has 0 saturated carbocycles. The molecule has 2 aromatic carbocycles. The topological polar surface area (TPSA) is 65.1 Å². The maximum atomic E-state index is 13.2. The fourth-order valence-electron chi connectivity index (χ4n) is 2.44. The Morgan fingerprint density at radius 1 is 1.17 bits per heavy atom. The molecule has 0 N–H and O–H groups in total. The van der Waals surface area contributed by atoms with E-state index in [4.69, 9.17) is 11.6 Å². The second-order valence-corrected chi connectivity index (χ2v) is 5.44. The van der Waals surface area contributed by atoms with Crippen LogP contribution in [0.4, 0.5) is 10.1 Å². The highest BCUT2D eigenvalue weighted by Crippen LogP contribution is 2.23. The van der Waals surface area contributed by atoms with Crippen LogP contribution in [0.1, 0.15) is 5.56 Å². The van der Waals surface area contributed by atoms with Gasteiger partial charge in [0.25, 0.3) is 5.69 Å². The van der Waals surface area contributed by atoms with Gasteiger partial charge in [0.1, 0.15) is 5.82 Å². The summed E-state index contributed by atoms with van der Waals surface area (Å²) in [4.78, 5) is 22.4. The monoisotopic (exact) mass is 332 g/mol. The smallest absolute Gasteiger partial charge is 0.277 e. The van der Waals surface area contributed by atoms with Gasteiger partial charge in [-0.3, -0.25) is 14.9 Å². The Hall–Kier alpha value is -2.73. The molecule has 1 aromatic heterocycles. The van der Waals surface area contributed by atoms with E-state index in [1.807, 2.05) is 0 Å². The number of nitrogens with zero attached hydrogens (tertiary/aromatic N) is 2. The quantitative estimate of drug-likeness (QED) is 0.542. The van der Waals surface area contributed by atoms with Crippen LogP contribution in [0.3, 0.4) is 0 Å². The predicted octanol–water partition coefficient (Wildman–Crippen LogP) is 3.75. The lowest BCUT2D eigenvalue weighted by Gasteiger charge is -2.11. The second-order valence-electron chi connectivity index (χ2n) is 5.00. The van der Waals surface area contributed by atoms with E-state index < -0.39 is 10.7 Å². The molecule has 23 heavy (non-hydrogen) atoms. The highest BCUT2D eigenvalue weighted by atomic mass is 35.5. The van der Waals surface area contributed by atoms with Gasteiger partial charge in [-0.2, -0.15) is 0 Å². The largest absolute Gasteiger partial charge is 0.343 e. The van der Waals surface area contributed by atoms with Gasteiger partial charge in [-0.1, -0.05) is 11.6 Å². The van der Waals surface area contributed by atoms with Crippen LogP contribution < -0.4 is 5.43 Å². The molecule has 5 nitrogen and oxygen atoms in total. The number of nitro groups is 1. The lowest BCUT2D eigenvalue weighted by atomic mass is 10.1. The number of aromatic nitrogens is 1. The summed E-state index contributed by atoms with van der Waals surface area (Å²) in [5.74, 6) is -0.673. The summed E-state index contributed by atoms with van der Waals surface area (Å²) >= 11 is 5.98. The summed E-state index contributed by atoms with van der Waals surface area (Å²) in [6.07, 6.45) is 1.54. The Kier molecular flexibility index (Phi) is 3.83. The molecule has 116 valence electrons. The van der Waals surface area contributed by atoms with E-state index in [1.165, 1.54) is 24.4 Å². The zero-order chi connectivity index (χ0) is 16.6. The van der Waals surface area contributed by atoms with Crippen molar-refractivity contribution in [2.24, 2.45) is 0 Å². The summed E-state index contributed by atoms with van der Waals surface area (Å²) in [6.45, 7) is 0.119. The van der Waals surface area contributed by atoms with Crippen LogP contribution in [0.25, 0.3) is 10.9 Å². The number of nitro benzene ring substituents is 1. The fraction of sp³-hybridized carbons (Fsp3) is 0.0625. The molecule has 0 spiro atoms. The first-order valence-electron chi connectivity index (χ1n) is 6.67. The van der Waals surface area contributed by atoms with Crippen LogP contribution in [0.2, 0.25) is 5.02 Å². The molecule has 0 atom stereocenters. The number of benzene rings is 2. The van der Waals surface area contributed by atoms with Crippen molar-refractivity contribution < 1.29 is 9.31 Å². The summed E-state index contributed by atoms with van der Waals surface area (Å²) in [5, 5.41) is 12.0. The van der Waals surface area contributed by atoms with Crippen molar-refractivity contribution in [3.63, 3.8) is 0 Å². The number of hydrogen-bond acceptors (Lipinski definition) is 3. The summed E-state index contributed by atoms with van der Waals surface area (Å²) in [5.41, 5.74) is 0.422. The number of rotatable bonds is 3. The number of hydrogen-bond donors (Lipinski definition) is 0. The van der Waals surface area contributed by atoms with Crippen molar-refractivity contribution in [1.29, 1.82) is 0 Å². The first kappa shape index (κ1) is 15.2. The number of fused-ring (bicyclic) bond motifs is 1. The van der Waals surface area contributed by atoms with Crippen LogP contribution >= 0.6 is 11.6 Å². The minimum absolute atomic E-state index is 0.119. The normalized spacial score (nSPS) is 10.9. The molecule has 0 aliphatic rings. The van der Waals surface area contributed by atoms with E-state index in [2.05, 4.69) is 0 Å². The Morgan fingerprint density at radius 2 is 1.96 bits per heavy atom. The van der Waals surface area contributed by atoms with Gasteiger partial charge in [-0.25, -0.2) is 4.39 Å². The molecule has 3 aromatic rings. The van der Waals surface area contributed by atoms with Gasteiger partial charge in [-0.05, 0) is 30.3 Å². The lowest BCUT2D eigenvalue weighted by molar-refractivity contribution is -0.385. The maximum absolute atomic E-state index is 13.2. The van der Waals surface area contributed by atoms with Crippen molar-refractivity contribution in [3.05, 3.63) is 85.4 Å². The van der Waals surface area contributed by atoms with Gasteiger partial charge in [0, 0.05) is 28.2 Å². The molecule has 0 bridgehead atoms. The van der Waals surface area contributed by atoms with Gasteiger partial charge >= 0.3 is 0 Å². The third-order valence-electron chi connectivity index (χ3n) is 3.53. The van der Waals surface area contributed by atoms with Gasteiger partial charge in [0.05, 0.1) is 23.1 Å². The second kappa shape index (κ2) is 5.81. The third-order valence-corrected chi connectivity index (χ3v) is 3.76. The van der Waals surface area contributed by atoms with Crippen molar-refractivity contribution in [3.8, 4) is 0 Å². The molecule has 0 radical (unpaired) electrons. The minimum atomic E-state index is -0.673. The van der Waals surface area contributed by atoms with Gasteiger partial charge in [-0.15, -0.1) is 0 Å². The van der Waals surface area contributed by atoms with E-state index in [9.17, 15) is 19.3 Å². The Labute approximate surface area is 134 Å². The summed E-state index contributed by atoms with van der Waals surface area (Å²) in [6, 6.07) is 9.62. The maximum Gasteiger partial charge on any atom is 0.277 e. The molecular weight excluding hydrogens is 323 g/mol. The van der Waals surface area contributed by atoms with Crippen molar-refractivity contribution in [1.82, 2.24) is 4.57 Å². The molecule has 0 aliphatic heterocycles. The van der Waals surface area contributed by atoms with Gasteiger partial charge in [0.2, 0.25) is 0 Å². The highest BCUT2D eigenvalue weighted by molar-refractivity contribution is 6.31. The summed E-state index contributed by atoms with van der Waals surface area (Å²) < 4.78 is 14.9. The molecule has 1 heterocycles. The molecule has 0 fully saturated rings. The third kappa shape index (κ3) is 2.93. The average Bonchev–Trinajstić information content (AvgIpc) is 2.51. The fourth-order valence-corrected chi connectivity index (χ4v) is 2.61.